The second-order valence-electron chi connectivity index (χ2n) is 0.714. The molecule has 21 N–H and O–H groups in total. The van der Waals surface area contributed by atoms with Gasteiger partial charge in [0, 0.05) is 0 Å². The van der Waals surface area contributed by atoms with Crippen LogP contribution in [0.4, 0.5) is 0 Å². The van der Waals surface area contributed by atoms with Crippen molar-refractivity contribution in [1.82, 2.24) is 0 Å². The van der Waals surface area contributed by atoms with Gasteiger partial charge in [-0.1, -0.05) is 0 Å². The molecule has 0 spiro atoms. The van der Waals surface area contributed by atoms with E-state index >= 15 is 0 Å². The molecule has 1 radical (unpaired) electrons. The molecular weight excluding hydrogens is 386 g/mol. The Labute approximate surface area is 129 Å². The molecule has 21 nitrogen and oxygen atoms in total. The topological polar surface area (TPSA) is 474 Å². The fourth-order valence-electron chi connectivity index (χ4n) is 0. The molecule has 0 fully saturated rings. The minimum absolute atomic E-state index is 0. The predicted octanol–water partition coefficient (Wildman–Crippen LogP) is -8.47. The van der Waals surface area contributed by atoms with E-state index in [1.807, 2.05) is 0 Å². The Bertz CT molecular complexity index is 116. The van der Waals surface area contributed by atoms with Gasteiger partial charge in [0.05, 0.1) is 0 Å². The van der Waals surface area contributed by atoms with Gasteiger partial charge in [-0.25, -0.2) is 0 Å². The first-order valence-electron chi connectivity index (χ1n) is 1.70. The number of nitrogens with zero attached hydrogens (tertiary/aromatic N) is 3. The third-order valence-electron chi connectivity index (χ3n) is 0. The Balaban J connectivity index is -0.00000000409. The van der Waals surface area contributed by atoms with E-state index in [1.54, 1.807) is 0 Å². The van der Waals surface area contributed by atoms with Gasteiger partial charge in [-0.05, 0) is 0 Å². The Morgan fingerprint density at radius 3 is 0.455 bits per heavy atom. The zero-order valence-corrected chi connectivity index (χ0v) is 11.1. The fraction of sp³-hybridized carbons (Fsp3) is 0. The number of rotatable bonds is 0. The van der Waals surface area contributed by atoms with E-state index < -0.39 is 15.3 Å². The zero-order chi connectivity index (χ0) is 10.7. The van der Waals surface area contributed by atoms with Crippen LogP contribution in [-0.2, 0) is 17.1 Å². The molecule has 0 unspecified atom stereocenters. The van der Waals surface area contributed by atoms with Crippen LogP contribution in [-0.4, -0.2) is 80.2 Å². The molecule has 0 aromatic heterocycles. The normalized spacial score (nSPS) is 3.27. The SMILES string of the molecule is O.O.O.O.O.O.O.O.O.O=[N+]([O-])O.O=[N+]([O-])O.O=[N+]([O-])O.[Fe+3]. The molecule has 0 amide bonds. The third kappa shape index (κ3) is 994. The third-order valence-corrected chi connectivity index (χ3v) is 0. The van der Waals surface area contributed by atoms with Crippen molar-refractivity contribution in [3.8, 4) is 0 Å². The van der Waals surface area contributed by atoms with Gasteiger partial charge in [-0.2, -0.15) is 0 Å². The number of hydrogen-bond acceptors (Lipinski definition) is 6. The van der Waals surface area contributed by atoms with E-state index in [0.717, 1.165) is 0 Å². The van der Waals surface area contributed by atoms with Crippen molar-refractivity contribution in [3.63, 3.8) is 0 Å². The molecule has 22 heteroatoms. The van der Waals surface area contributed by atoms with Crippen molar-refractivity contribution in [2.75, 3.05) is 0 Å². The minimum Gasteiger partial charge on any atom is -0.412 e. The van der Waals surface area contributed by atoms with Gasteiger partial charge >= 0.3 is 17.1 Å². The van der Waals surface area contributed by atoms with Gasteiger partial charge in [-0.3, -0.25) is 0 Å². The summed E-state index contributed by atoms with van der Waals surface area (Å²) in [6.07, 6.45) is 0. The molecule has 0 saturated carbocycles. The summed E-state index contributed by atoms with van der Waals surface area (Å²) in [4.78, 5) is 25.1. The summed E-state index contributed by atoms with van der Waals surface area (Å²) in [6, 6.07) is 0. The monoisotopic (exact) mass is 407 g/mol. The van der Waals surface area contributed by atoms with Gasteiger partial charge < -0.3 is 64.9 Å². The molecule has 0 atom stereocenters. The minimum atomic E-state index is -1.50. The van der Waals surface area contributed by atoms with Crippen LogP contribution in [0.25, 0.3) is 0 Å². The Morgan fingerprint density at radius 2 is 0.455 bits per heavy atom. The molecule has 0 bridgehead atoms. The van der Waals surface area contributed by atoms with Crippen LogP contribution < -0.4 is 0 Å². The first-order chi connectivity index (χ1) is 5.20. The molecule has 0 aliphatic heterocycles. The van der Waals surface area contributed by atoms with E-state index in [9.17, 15) is 0 Å². The zero-order valence-electron chi connectivity index (χ0n) is 9.99. The predicted molar refractivity (Wildman–Crippen MR) is 58.9 cm³/mol. The smallest absolute Gasteiger partial charge is 0.412 e. The van der Waals surface area contributed by atoms with Crippen molar-refractivity contribution < 1.29 is 97.2 Å². The first-order valence-corrected chi connectivity index (χ1v) is 1.70. The second-order valence-corrected chi connectivity index (χ2v) is 0.714. The molecule has 0 heterocycles. The van der Waals surface area contributed by atoms with Crippen molar-refractivity contribution >= 4 is 0 Å². The quantitative estimate of drug-likeness (QED) is 0.194. The van der Waals surface area contributed by atoms with Crippen molar-refractivity contribution in [3.05, 3.63) is 30.3 Å². The molecule has 0 saturated heterocycles. The summed E-state index contributed by atoms with van der Waals surface area (Å²) in [7, 11) is 0. The van der Waals surface area contributed by atoms with Crippen LogP contribution in [0.2, 0.25) is 0 Å². The maximum Gasteiger partial charge on any atom is 3.00 e. The molecule has 149 valence electrons. The van der Waals surface area contributed by atoms with Crippen LogP contribution in [0.15, 0.2) is 0 Å². The first kappa shape index (κ1) is 152. The molecule has 22 heavy (non-hydrogen) atoms. The van der Waals surface area contributed by atoms with E-state index in [1.165, 1.54) is 0 Å². The number of hydrogen-bond donors (Lipinski definition) is 3. The summed E-state index contributed by atoms with van der Waals surface area (Å²) >= 11 is 0. The average molecular weight is 407 g/mol. The van der Waals surface area contributed by atoms with Crippen LogP contribution in [0.1, 0.15) is 0 Å². The van der Waals surface area contributed by atoms with Gasteiger partial charge in [0.25, 0.3) is 15.3 Å². The molecule has 0 aromatic carbocycles. The van der Waals surface area contributed by atoms with Crippen molar-refractivity contribution in [2.45, 2.75) is 0 Å². The summed E-state index contributed by atoms with van der Waals surface area (Å²) in [6.45, 7) is 0. The van der Waals surface area contributed by atoms with Gasteiger partial charge in [0.2, 0.25) is 0 Å². The van der Waals surface area contributed by atoms with E-state index in [-0.39, 0.29) is 66.4 Å². The summed E-state index contributed by atoms with van der Waals surface area (Å²) < 4.78 is 0. The maximum atomic E-state index is 8.36. The summed E-state index contributed by atoms with van der Waals surface area (Å²) in [5, 5.41) is 40.9. The fourth-order valence-corrected chi connectivity index (χ4v) is 0. The molecule has 0 rings (SSSR count). The van der Waals surface area contributed by atoms with E-state index in [0.29, 0.717) is 0 Å². The average Bonchev–Trinajstić information content (AvgIpc) is 1.54. The summed E-state index contributed by atoms with van der Waals surface area (Å²) in [5.41, 5.74) is 0. The van der Waals surface area contributed by atoms with Crippen LogP contribution in [0.5, 0.6) is 0 Å². The molecule has 0 aromatic rings. The largest absolute Gasteiger partial charge is 3.00 e. The second kappa shape index (κ2) is 129. The van der Waals surface area contributed by atoms with E-state index in [2.05, 4.69) is 0 Å². The van der Waals surface area contributed by atoms with Gasteiger partial charge in [-0.15, -0.1) is 30.3 Å². The Hall–Kier alpha value is -2.24. The van der Waals surface area contributed by atoms with Gasteiger partial charge in [0.1, 0.15) is 0 Å². The maximum absolute atomic E-state index is 8.36. The molecular formula is H21FeN3O18+3. The molecule has 0 aliphatic rings. The van der Waals surface area contributed by atoms with Crippen LogP contribution in [0, 0.1) is 30.3 Å². The summed E-state index contributed by atoms with van der Waals surface area (Å²) in [5.74, 6) is 0. The van der Waals surface area contributed by atoms with Crippen LogP contribution >= 0.6 is 0 Å². The molecule has 0 aliphatic carbocycles. The standard InChI is InChI=1S/Fe.3HNO3.9H2O/c;3*2-1(3)4;;;;;;;;;/h;3*(H,2,3,4);9*1H2/q+3;;;;;;;;;;;;. The van der Waals surface area contributed by atoms with Gasteiger partial charge in [0.15, 0.2) is 0 Å². The van der Waals surface area contributed by atoms with Crippen LogP contribution in [0.3, 0.4) is 0 Å². The Morgan fingerprint density at radius 1 is 0.455 bits per heavy atom. The Kier molecular flexibility index (Phi) is 896. The van der Waals surface area contributed by atoms with E-state index in [4.69, 9.17) is 46.0 Å². The van der Waals surface area contributed by atoms with Crippen molar-refractivity contribution in [2.24, 2.45) is 0 Å². The van der Waals surface area contributed by atoms with Crippen molar-refractivity contribution in [1.29, 1.82) is 0 Å².